The van der Waals surface area contributed by atoms with Gasteiger partial charge in [0, 0.05) is 11.6 Å². The Morgan fingerprint density at radius 2 is 2.06 bits per heavy atom. The van der Waals surface area contributed by atoms with Gasteiger partial charge in [0.2, 0.25) is 0 Å². The van der Waals surface area contributed by atoms with Gasteiger partial charge in [0.05, 0.1) is 18.0 Å². The number of rotatable bonds is 2. The zero-order valence-corrected chi connectivity index (χ0v) is 9.31. The van der Waals surface area contributed by atoms with Crippen molar-refractivity contribution in [2.75, 3.05) is 0 Å². The minimum absolute atomic E-state index is 0.0113. The predicted octanol–water partition coefficient (Wildman–Crippen LogP) is 2.56. The fraction of sp³-hybridized carbons (Fsp3) is 0.0833. The molecule has 0 spiro atoms. The molecule has 0 saturated heterocycles. The summed E-state index contributed by atoms with van der Waals surface area (Å²) in [4.78, 5) is 5.23. The monoisotopic (exact) mass is 230 g/mol. The predicted molar refractivity (Wildman–Crippen MR) is 64.4 cm³/mol. The summed E-state index contributed by atoms with van der Waals surface area (Å²) in [5.41, 5.74) is 2.99. The van der Waals surface area contributed by atoms with Crippen LogP contribution in [0.3, 0.4) is 0 Å². The first-order valence-electron chi connectivity index (χ1n) is 5.00. The number of hydrogen-bond acceptors (Lipinski definition) is 3. The van der Waals surface area contributed by atoms with Gasteiger partial charge in [-0.3, -0.25) is 4.40 Å². The number of aliphatic hydroxyl groups is 1. The van der Waals surface area contributed by atoms with Crippen molar-refractivity contribution in [3.8, 4) is 11.3 Å². The van der Waals surface area contributed by atoms with E-state index in [4.69, 9.17) is 5.11 Å². The van der Waals surface area contributed by atoms with Crippen LogP contribution in [-0.2, 0) is 6.61 Å². The van der Waals surface area contributed by atoms with Crippen molar-refractivity contribution in [2.45, 2.75) is 6.61 Å². The highest BCUT2D eigenvalue weighted by molar-refractivity contribution is 7.15. The highest BCUT2D eigenvalue weighted by atomic mass is 32.1. The van der Waals surface area contributed by atoms with E-state index < -0.39 is 0 Å². The van der Waals surface area contributed by atoms with E-state index in [9.17, 15) is 0 Å². The minimum atomic E-state index is -0.0113. The molecule has 3 rings (SSSR count). The third kappa shape index (κ3) is 1.43. The molecule has 16 heavy (non-hydrogen) atoms. The average Bonchev–Trinajstić information content (AvgIpc) is 2.88. The van der Waals surface area contributed by atoms with E-state index in [1.807, 2.05) is 28.8 Å². The number of fused-ring (bicyclic) bond motifs is 1. The quantitative estimate of drug-likeness (QED) is 0.734. The molecule has 0 aliphatic carbocycles. The summed E-state index contributed by atoms with van der Waals surface area (Å²) in [5, 5.41) is 11.1. The molecule has 0 saturated carbocycles. The molecule has 3 aromatic rings. The third-order valence-electron chi connectivity index (χ3n) is 2.49. The lowest BCUT2D eigenvalue weighted by Gasteiger charge is -1.97. The summed E-state index contributed by atoms with van der Waals surface area (Å²) in [6.07, 6.45) is 1.88. The molecule has 0 unspecified atom stereocenters. The maximum atomic E-state index is 9.05. The summed E-state index contributed by atoms with van der Waals surface area (Å²) in [6, 6.07) is 10.2. The van der Waals surface area contributed by atoms with Gasteiger partial charge in [-0.15, -0.1) is 11.3 Å². The van der Waals surface area contributed by atoms with E-state index in [0.717, 1.165) is 16.2 Å². The molecule has 0 aliphatic heterocycles. The van der Waals surface area contributed by atoms with Crippen LogP contribution in [0, 0.1) is 0 Å². The highest BCUT2D eigenvalue weighted by Crippen LogP contribution is 2.25. The topological polar surface area (TPSA) is 37.5 Å². The maximum Gasteiger partial charge on any atom is 0.194 e. The Hall–Kier alpha value is -1.65. The lowest BCUT2D eigenvalue weighted by Crippen LogP contribution is -1.83. The second-order valence-electron chi connectivity index (χ2n) is 3.53. The van der Waals surface area contributed by atoms with Crippen LogP contribution >= 0.6 is 11.3 Å². The number of aromatic nitrogens is 2. The van der Waals surface area contributed by atoms with Gasteiger partial charge in [-0.05, 0) is 5.56 Å². The van der Waals surface area contributed by atoms with Crippen LogP contribution < -0.4 is 0 Å². The third-order valence-corrected chi connectivity index (χ3v) is 3.33. The van der Waals surface area contributed by atoms with Crippen molar-refractivity contribution >= 4 is 16.3 Å². The molecule has 2 heterocycles. The van der Waals surface area contributed by atoms with E-state index in [1.165, 1.54) is 0 Å². The summed E-state index contributed by atoms with van der Waals surface area (Å²) >= 11 is 1.59. The molecule has 0 atom stereocenters. The molecule has 1 aromatic carbocycles. The molecule has 4 heteroatoms. The maximum absolute atomic E-state index is 9.05. The molecule has 2 aromatic heterocycles. The van der Waals surface area contributed by atoms with Gasteiger partial charge in [-0.25, -0.2) is 4.98 Å². The zero-order valence-electron chi connectivity index (χ0n) is 8.50. The number of nitrogens with zero attached hydrogens (tertiary/aromatic N) is 2. The Bertz CT molecular complexity index is 612. The van der Waals surface area contributed by atoms with E-state index in [0.29, 0.717) is 5.69 Å². The normalized spacial score (nSPS) is 11.1. The van der Waals surface area contributed by atoms with Gasteiger partial charge in [-0.1, -0.05) is 30.3 Å². The van der Waals surface area contributed by atoms with Crippen molar-refractivity contribution in [3.05, 3.63) is 47.6 Å². The molecule has 0 aliphatic rings. The highest BCUT2D eigenvalue weighted by Gasteiger charge is 2.08. The molecular formula is C12H10N2OS. The van der Waals surface area contributed by atoms with Crippen LogP contribution in [0.25, 0.3) is 16.2 Å². The minimum Gasteiger partial charge on any atom is -0.390 e. The molecule has 3 nitrogen and oxygen atoms in total. The Labute approximate surface area is 96.6 Å². The van der Waals surface area contributed by atoms with E-state index >= 15 is 0 Å². The van der Waals surface area contributed by atoms with E-state index in [-0.39, 0.29) is 6.61 Å². The average molecular weight is 230 g/mol. The molecule has 80 valence electrons. The van der Waals surface area contributed by atoms with Gasteiger partial charge in [0.15, 0.2) is 4.96 Å². The summed E-state index contributed by atoms with van der Waals surface area (Å²) in [5.74, 6) is 0. The van der Waals surface area contributed by atoms with Gasteiger partial charge >= 0.3 is 0 Å². The summed E-state index contributed by atoms with van der Waals surface area (Å²) < 4.78 is 2.02. The second-order valence-corrected chi connectivity index (χ2v) is 4.37. The molecule has 0 fully saturated rings. The van der Waals surface area contributed by atoms with Crippen LogP contribution in [-0.4, -0.2) is 14.5 Å². The lowest BCUT2D eigenvalue weighted by molar-refractivity contribution is 0.277. The van der Waals surface area contributed by atoms with E-state index in [2.05, 4.69) is 22.5 Å². The zero-order chi connectivity index (χ0) is 11.0. The molecule has 1 N–H and O–H groups in total. The Balaban J connectivity index is 2.20. The number of benzene rings is 1. The number of hydrogen-bond donors (Lipinski definition) is 1. The standard InChI is InChI=1S/C12H10N2OS/c15-7-10-6-14-11(8-16-12(14)13-10)9-4-2-1-3-5-9/h1-6,8,15H,7H2. The molecule has 0 radical (unpaired) electrons. The first-order valence-corrected chi connectivity index (χ1v) is 5.88. The van der Waals surface area contributed by atoms with Crippen molar-refractivity contribution in [1.29, 1.82) is 0 Å². The second kappa shape index (κ2) is 3.73. The van der Waals surface area contributed by atoms with Crippen LogP contribution in [0.2, 0.25) is 0 Å². The SMILES string of the molecule is OCc1cn2c(-c3ccccc3)csc2n1. The fourth-order valence-electron chi connectivity index (χ4n) is 1.72. The van der Waals surface area contributed by atoms with Gasteiger partial charge in [0.25, 0.3) is 0 Å². The number of imidazole rings is 1. The van der Waals surface area contributed by atoms with Gasteiger partial charge in [-0.2, -0.15) is 0 Å². The first kappa shape index (κ1) is 9.57. The van der Waals surface area contributed by atoms with Crippen LogP contribution in [0.15, 0.2) is 41.9 Å². The Morgan fingerprint density at radius 1 is 1.25 bits per heavy atom. The largest absolute Gasteiger partial charge is 0.390 e. The van der Waals surface area contributed by atoms with Crippen LogP contribution in [0.5, 0.6) is 0 Å². The smallest absolute Gasteiger partial charge is 0.194 e. The van der Waals surface area contributed by atoms with Crippen molar-refractivity contribution in [2.24, 2.45) is 0 Å². The van der Waals surface area contributed by atoms with E-state index in [1.54, 1.807) is 11.3 Å². The van der Waals surface area contributed by atoms with Gasteiger partial charge in [0.1, 0.15) is 0 Å². The Kier molecular flexibility index (Phi) is 2.23. The molecule has 0 amide bonds. The first-order chi connectivity index (χ1) is 7.88. The van der Waals surface area contributed by atoms with Gasteiger partial charge < -0.3 is 5.11 Å². The van der Waals surface area contributed by atoms with Crippen molar-refractivity contribution in [3.63, 3.8) is 0 Å². The number of aliphatic hydroxyl groups excluding tert-OH is 1. The molecular weight excluding hydrogens is 220 g/mol. The molecule has 0 bridgehead atoms. The number of thiazole rings is 1. The van der Waals surface area contributed by atoms with Crippen molar-refractivity contribution in [1.82, 2.24) is 9.38 Å². The Morgan fingerprint density at radius 3 is 2.81 bits per heavy atom. The van der Waals surface area contributed by atoms with Crippen LogP contribution in [0.4, 0.5) is 0 Å². The lowest BCUT2D eigenvalue weighted by atomic mass is 10.2. The van der Waals surface area contributed by atoms with Crippen molar-refractivity contribution < 1.29 is 5.11 Å². The van der Waals surface area contributed by atoms with Crippen LogP contribution in [0.1, 0.15) is 5.69 Å². The fourth-order valence-corrected chi connectivity index (χ4v) is 2.62. The summed E-state index contributed by atoms with van der Waals surface area (Å²) in [7, 11) is 0. The summed E-state index contributed by atoms with van der Waals surface area (Å²) in [6.45, 7) is -0.0113.